The molecule has 2 N–H and O–H groups in total. The Morgan fingerprint density at radius 3 is 2.50 bits per heavy atom. The summed E-state index contributed by atoms with van der Waals surface area (Å²) in [7, 11) is -3.55. The number of nitrogens with one attached hydrogen (secondary N) is 2. The maximum atomic E-state index is 12.1. The van der Waals surface area contributed by atoms with E-state index in [0.717, 1.165) is 9.88 Å². The number of aryl methyl sites for hydroxylation is 1. The first kappa shape index (κ1) is 16.6. The molecule has 1 amide bonds. The Bertz CT molecular complexity index is 752. The van der Waals surface area contributed by atoms with Gasteiger partial charge in [-0.15, -0.1) is 11.3 Å². The third-order valence-corrected chi connectivity index (χ3v) is 5.23. The number of anilines is 1. The van der Waals surface area contributed by atoms with Crippen LogP contribution >= 0.6 is 11.3 Å². The first-order valence-corrected chi connectivity index (χ1v) is 8.95. The molecule has 0 radical (unpaired) electrons. The number of sulfonamides is 1. The van der Waals surface area contributed by atoms with E-state index in [9.17, 15) is 13.2 Å². The van der Waals surface area contributed by atoms with E-state index in [4.69, 9.17) is 0 Å². The molecule has 0 aliphatic heterocycles. The molecule has 0 aliphatic rings. The molecule has 1 aromatic carbocycles. The van der Waals surface area contributed by atoms with Gasteiger partial charge in [0, 0.05) is 36.7 Å². The number of carbonyl (C=O) groups is 1. The first-order chi connectivity index (χ1) is 10.4. The number of amides is 1. The Kier molecular flexibility index (Phi) is 5.28. The van der Waals surface area contributed by atoms with Crippen molar-refractivity contribution in [3.05, 3.63) is 40.3 Å². The third-order valence-electron chi connectivity index (χ3n) is 2.79. The molecule has 8 heteroatoms. The molecule has 0 saturated carbocycles. The lowest BCUT2D eigenvalue weighted by molar-refractivity contribution is -0.114. The van der Waals surface area contributed by atoms with Crippen LogP contribution in [-0.4, -0.2) is 25.9 Å². The smallest absolute Gasteiger partial charge is 0.240 e. The predicted octanol–water partition coefficient (Wildman–Crippen LogP) is 1.93. The molecule has 2 rings (SSSR count). The summed E-state index contributed by atoms with van der Waals surface area (Å²) in [6.45, 7) is 3.65. The van der Waals surface area contributed by atoms with Crippen molar-refractivity contribution < 1.29 is 13.2 Å². The highest BCUT2D eigenvalue weighted by Crippen LogP contribution is 2.15. The van der Waals surface area contributed by atoms with E-state index >= 15 is 0 Å². The van der Waals surface area contributed by atoms with Crippen molar-refractivity contribution in [3.63, 3.8) is 0 Å². The number of nitrogens with zero attached hydrogens (tertiary/aromatic N) is 1. The first-order valence-electron chi connectivity index (χ1n) is 6.65. The van der Waals surface area contributed by atoms with Gasteiger partial charge in [-0.1, -0.05) is 0 Å². The molecule has 0 aliphatic carbocycles. The Morgan fingerprint density at radius 2 is 1.95 bits per heavy atom. The zero-order valence-corrected chi connectivity index (χ0v) is 13.9. The van der Waals surface area contributed by atoms with Crippen LogP contribution in [0.4, 0.5) is 5.69 Å². The fraction of sp³-hybridized carbons (Fsp3) is 0.286. The van der Waals surface area contributed by atoms with E-state index in [1.165, 1.54) is 19.1 Å². The van der Waals surface area contributed by atoms with Gasteiger partial charge < -0.3 is 5.32 Å². The Labute approximate surface area is 133 Å². The number of carbonyl (C=O) groups excluding carboxylic acids is 1. The summed E-state index contributed by atoms with van der Waals surface area (Å²) < 4.78 is 26.8. The normalized spacial score (nSPS) is 11.4. The van der Waals surface area contributed by atoms with Gasteiger partial charge in [0.15, 0.2) is 0 Å². The van der Waals surface area contributed by atoms with Crippen LogP contribution in [0.15, 0.2) is 35.4 Å². The number of aromatic nitrogens is 1. The fourth-order valence-electron chi connectivity index (χ4n) is 1.81. The summed E-state index contributed by atoms with van der Waals surface area (Å²) in [5.41, 5.74) is 0.560. The van der Waals surface area contributed by atoms with Crippen LogP contribution < -0.4 is 10.0 Å². The van der Waals surface area contributed by atoms with Crippen LogP contribution in [0.3, 0.4) is 0 Å². The molecular formula is C14H17N3O3S2. The molecular weight excluding hydrogens is 322 g/mol. The highest BCUT2D eigenvalue weighted by molar-refractivity contribution is 7.89. The SMILES string of the molecule is CC(=O)Nc1ccc(S(=O)(=O)NCCc2ncc(C)s2)cc1. The van der Waals surface area contributed by atoms with Crippen molar-refractivity contribution in [2.45, 2.75) is 25.2 Å². The summed E-state index contributed by atoms with van der Waals surface area (Å²) in [6, 6.07) is 6.03. The maximum Gasteiger partial charge on any atom is 0.240 e. The maximum absolute atomic E-state index is 12.1. The third kappa shape index (κ3) is 4.62. The second-order valence-electron chi connectivity index (χ2n) is 4.72. The van der Waals surface area contributed by atoms with Crippen LogP contribution in [0, 0.1) is 6.92 Å². The average Bonchev–Trinajstić information content (AvgIpc) is 2.84. The van der Waals surface area contributed by atoms with Gasteiger partial charge in [-0.2, -0.15) is 0 Å². The van der Waals surface area contributed by atoms with Crippen molar-refractivity contribution in [2.24, 2.45) is 0 Å². The van der Waals surface area contributed by atoms with Crippen LogP contribution in [0.25, 0.3) is 0 Å². The summed E-state index contributed by atoms with van der Waals surface area (Å²) in [6.07, 6.45) is 2.33. The molecule has 2 aromatic rings. The zero-order chi connectivity index (χ0) is 16.2. The van der Waals surface area contributed by atoms with Gasteiger partial charge in [0.2, 0.25) is 15.9 Å². The lowest BCUT2D eigenvalue weighted by Gasteiger charge is -2.07. The minimum atomic E-state index is -3.55. The van der Waals surface area contributed by atoms with Crippen LogP contribution in [0.2, 0.25) is 0 Å². The minimum Gasteiger partial charge on any atom is -0.326 e. The van der Waals surface area contributed by atoms with Crippen LogP contribution in [-0.2, 0) is 21.2 Å². The number of rotatable bonds is 6. The summed E-state index contributed by atoms with van der Waals surface area (Å²) in [5, 5.41) is 3.49. The van der Waals surface area contributed by atoms with Crippen molar-refractivity contribution >= 4 is 33.0 Å². The van der Waals surface area contributed by atoms with Crippen molar-refractivity contribution in [3.8, 4) is 0 Å². The largest absolute Gasteiger partial charge is 0.326 e. The van der Waals surface area contributed by atoms with Crippen molar-refractivity contribution in [1.29, 1.82) is 0 Å². The Morgan fingerprint density at radius 1 is 1.27 bits per heavy atom. The monoisotopic (exact) mass is 339 g/mol. The van der Waals surface area contributed by atoms with Crippen LogP contribution in [0.5, 0.6) is 0 Å². The lowest BCUT2D eigenvalue weighted by atomic mass is 10.3. The zero-order valence-electron chi connectivity index (χ0n) is 12.3. The summed E-state index contributed by atoms with van der Waals surface area (Å²) in [5.74, 6) is -0.201. The molecule has 0 fully saturated rings. The number of hydrogen-bond acceptors (Lipinski definition) is 5. The van der Waals surface area contributed by atoms with Gasteiger partial charge in [-0.25, -0.2) is 18.1 Å². The van der Waals surface area contributed by atoms with E-state index < -0.39 is 10.0 Å². The second-order valence-corrected chi connectivity index (χ2v) is 7.80. The van der Waals surface area contributed by atoms with Gasteiger partial charge in [-0.3, -0.25) is 4.79 Å². The van der Waals surface area contributed by atoms with Gasteiger partial charge in [0.25, 0.3) is 0 Å². The lowest BCUT2D eigenvalue weighted by Crippen LogP contribution is -2.26. The highest BCUT2D eigenvalue weighted by atomic mass is 32.2. The van der Waals surface area contributed by atoms with Crippen molar-refractivity contribution in [2.75, 3.05) is 11.9 Å². The Balaban J connectivity index is 1.96. The molecule has 0 spiro atoms. The van der Waals surface area contributed by atoms with Gasteiger partial charge in [0.1, 0.15) is 0 Å². The quantitative estimate of drug-likeness (QED) is 0.842. The molecule has 0 unspecified atom stereocenters. The highest BCUT2D eigenvalue weighted by Gasteiger charge is 2.13. The van der Waals surface area contributed by atoms with Gasteiger partial charge in [0.05, 0.1) is 9.90 Å². The predicted molar refractivity (Wildman–Crippen MR) is 86.5 cm³/mol. The minimum absolute atomic E-state index is 0.164. The molecule has 1 heterocycles. The molecule has 118 valence electrons. The van der Waals surface area contributed by atoms with Gasteiger partial charge >= 0.3 is 0 Å². The van der Waals surface area contributed by atoms with Crippen LogP contribution in [0.1, 0.15) is 16.8 Å². The molecule has 1 aromatic heterocycles. The van der Waals surface area contributed by atoms with Gasteiger partial charge in [-0.05, 0) is 31.2 Å². The molecule has 0 atom stereocenters. The summed E-state index contributed by atoms with van der Waals surface area (Å²) >= 11 is 1.56. The average molecular weight is 339 g/mol. The Hall–Kier alpha value is -1.77. The topological polar surface area (TPSA) is 88.2 Å². The summed E-state index contributed by atoms with van der Waals surface area (Å²) in [4.78, 5) is 16.4. The standard InChI is InChI=1S/C14H17N3O3S2/c1-10-9-15-14(21-10)7-8-16-22(19,20)13-5-3-12(4-6-13)17-11(2)18/h3-6,9,16H,7-8H2,1-2H3,(H,17,18). The van der Waals surface area contributed by atoms with E-state index in [2.05, 4.69) is 15.0 Å². The van der Waals surface area contributed by atoms with Crippen molar-refractivity contribution in [1.82, 2.24) is 9.71 Å². The number of thiazole rings is 1. The molecule has 0 bridgehead atoms. The van der Waals surface area contributed by atoms with E-state index in [1.54, 1.807) is 29.7 Å². The fourth-order valence-corrected chi connectivity index (χ4v) is 3.63. The molecule has 6 nitrogen and oxygen atoms in total. The second kappa shape index (κ2) is 6.99. The number of hydrogen-bond donors (Lipinski definition) is 2. The molecule has 0 saturated heterocycles. The molecule has 22 heavy (non-hydrogen) atoms. The number of benzene rings is 1. The van der Waals surface area contributed by atoms with E-state index in [-0.39, 0.29) is 10.8 Å². The van der Waals surface area contributed by atoms with E-state index in [1.807, 2.05) is 6.92 Å². The van der Waals surface area contributed by atoms with E-state index in [0.29, 0.717) is 18.7 Å².